The highest BCUT2D eigenvalue weighted by atomic mass is 16.6. The van der Waals surface area contributed by atoms with Crippen molar-refractivity contribution in [2.75, 3.05) is 13.7 Å². The lowest BCUT2D eigenvalue weighted by molar-refractivity contribution is -0.483. The van der Waals surface area contributed by atoms with Gasteiger partial charge >= 0.3 is 5.97 Å². The Morgan fingerprint density at radius 3 is 2.30 bits per heavy atom. The van der Waals surface area contributed by atoms with Gasteiger partial charge in [-0.1, -0.05) is 36.4 Å². The van der Waals surface area contributed by atoms with Crippen molar-refractivity contribution in [3.8, 4) is 11.5 Å². The Balaban J connectivity index is 2.23. The van der Waals surface area contributed by atoms with Crippen LogP contribution in [0, 0.1) is 10.1 Å². The van der Waals surface area contributed by atoms with E-state index in [9.17, 15) is 14.9 Å². The third-order valence-corrected chi connectivity index (χ3v) is 4.00. The summed E-state index contributed by atoms with van der Waals surface area (Å²) in [5.41, 5.74) is 1.23. The number of carbonyl (C=O) groups excluding carboxylic acids is 1. The molecule has 0 spiro atoms. The largest absolute Gasteiger partial charge is 0.469 e. The fourth-order valence-electron chi connectivity index (χ4n) is 3.01. The number of nitrogens with zero attached hydrogens (tertiary/aromatic N) is 1. The fraction of sp³-hybridized carbons (Fsp3) is 0.235. The molecule has 2 aromatic carbocycles. The summed E-state index contributed by atoms with van der Waals surface area (Å²) < 4.78 is 10.8. The number of esters is 1. The molecule has 0 saturated heterocycles. The van der Waals surface area contributed by atoms with Crippen LogP contribution in [0.25, 0.3) is 0 Å². The number of nitro groups is 1. The standard InChI is InChI=1S/C17H15NO5/c1-22-17(19)16-12-7-3-5-9-15(12)23-14-8-4-2-6-11(14)13(16)10-18(20)21/h2-9,13,16H,10H2,1H3/t13-,16-/m0/s1. The molecule has 1 heterocycles. The van der Waals surface area contributed by atoms with Crippen molar-refractivity contribution in [1.29, 1.82) is 0 Å². The molecule has 0 aromatic heterocycles. The third-order valence-electron chi connectivity index (χ3n) is 4.00. The maximum Gasteiger partial charge on any atom is 0.314 e. The predicted molar refractivity (Wildman–Crippen MR) is 82.3 cm³/mol. The van der Waals surface area contributed by atoms with E-state index in [1.165, 1.54) is 7.11 Å². The van der Waals surface area contributed by atoms with E-state index >= 15 is 0 Å². The molecule has 118 valence electrons. The van der Waals surface area contributed by atoms with Crippen LogP contribution in [0.5, 0.6) is 11.5 Å². The number of carbonyl (C=O) groups is 1. The summed E-state index contributed by atoms with van der Waals surface area (Å²) in [7, 11) is 1.28. The second kappa shape index (κ2) is 6.08. The van der Waals surface area contributed by atoms with Crippen LogP contribution >= 0.6 is 0 Å². The lowest BCUT2D eigenvalue weighted by Gasteiger charge is -2.21. The van der Waals surface area contributed by atoms with E-state index in [0.29, 0.717) is 22.6 Å². The maximum atomic E-state index is 12.4. The number of hydrogen-bond donors (Lipinski definition) is 0. The van der Waals surface area contributed by atoms with Gasteiger partial charge in [0.25, 0.3) is 0 Å². The molecule has 1 aliphatic rings. The zero-order chi connectivity index (χ0) is 16.4. The summed E-state index contributed by atoms with van der Waals surface area (Å²) in [6.45, 7) is -0.380. The molecule has 6 nitrogen and oxygen atoms in total. The normalized spacial score (nSPS) is 18.8. The quantitative estimate of drug-likeness (QED) is 0.494. The second-order valence-electron chi connectivity index (χ2n) is 5.30. The average Bonchev–Trinajstić information content (AvgIpc) is 2.68. The van der Waals surface area contributed by atoms with Gasteiger partial charge in [0.1, 0.15) is 11.5 Å². The molecular weight excluding hydrogens is 298 g/mol. The first-order chi connectivity index (χ1) is 11.1. The van der Waals surface area contributed by atoms with Crippen LogP contribution in [0.2, 0.25) is 0 Å². The van der Waals surface area contributed by atoms with Crippen molar-refractivity contribution >= 4 is 5.97 Å². The number of ether oxygens (including phenoxy) is 2. The van der Waals surface area contributed by atoms with Crippen molar-refractivity contribution < 1.29 is 19.2 Å². The monoisotopic (exact) mass is 313 g/mol. The van der Waals surface area contributed by atoms with E-state index in [-0.39, 0.29) is 6.54 Å². The molecule has 23 heavy (non-hydrogen) atoms. The van der Waals surface area contributed by atoms with E-state index in [1.54, 1.807) is 48.5 Å². The highest BCUT2D eigenvalue weighted by molar-refractivity contribution is 5.81. The van der Waals surface area contributed by atoms with E-state index in [2.05, 4.69) is 0 Å². The first-order valence-electron chi connectivity index (χ1n) is 7.17. The van der Waals surface area contributed by atoms with Crippen LogP contribution in [-0.2, 0) is 9.53 Å². The van der Waals surface area contributed by atoms with Crippen molar-refractivity contribution in [3.63, 3.8) is 0 Å². The number of rotatable bonds is 3. The zero-order valence-electron chi connectivity index (χ0n) is 12.5. The Morgan fingerprint density at radius 2 is 1.70 bits per heavy atom. The van der Waals surface area contributed by atoms with Crippen LogP contribution in [-0.4, -0.2) is 24.5 Å². The topological polar surface area (TPSA) is 78.7 Å². The molecule has 1 aliphatic heterocycles. The molecule has 2 atom stereocenters. The molecule has 0 bridgehead atoms. The maximum absolute atomic E-state index is 12.4. The minimum Gasteiger partial charge on any atom is -0.469 e. The predicted octanol–water partition coefficient (Wildman–Crippen LogP) is 3.11. The smallest absolute Gasteiger partial charge is 0.314 e. The summed E-state index contributed by atoms with van der Waals surface area (Å²) in [5, 5.41) is 11.2. The highest BCUT2D eigenvalue weighted by Gasteiger charge is 2.40. The molecule has 0 aliphatic carbocycles. The van der Waals surface area contributed by atoms with Gasteiger partial charge in [-0.15, -0.1) is 0 Å². The van der Waals surface area contributed by atoms with Crippen LogP contribution in [0.1, 0.15) is 23.0 Å². The third kappa shape index (κ3) is 2.75. The molecule has 0 fully saturated rings. The van der Waals surface area contributed by atoms with Gasteiger partial charge in [0.05, 0.1) is 18.9 Å². The van der Waals surface area contributed by atoms with Gasteiger partial charge in [-0.25, -0.2) is 0 Å². The van der Waals surface area contributed by atoms with Crippen molar-refractivity contribution in [2.45, 2.75) is 11.8 Å². The lowest BCUT2D eigenvalue weighted by Crippen LogP contribution is -2.26. The molecule has 0 radical (unpaired) electrons. The van der Waals surface area contributed by atoms with Crippen LogP contribution in [0.3, 0.4) is 0 Å². The first kappa shape index (κ1) is 15.0. The Hall–Kier alpha value is -2.89. The second-order valence-corrected chi connectivity index (χ2v) is 5.30. The zero-order valence-corrected chi connectivity index (χ0v) is 12.5. The van der Waals surface area contributed by atoms with Crippen LogP contribution in [0.15, 0.2) is 48.5 Å². The Morgan fingerprint density at radius 1 is 1.13 bits per heavy atom. The lowest BCUT2D eigenvalue weighted by atomic mass is 9.81. The molecule has 6 heteroatoms. The number of methoxy groups -OCH3 is 1. The molecule has 0 N–H and O–H groups in total. The van der Waals surface area contributed by atoms with Gasteiger partial charge in [-0.3, -0.25) is 14.9 Å². The highest BCUT2D eigenvalue weighted by Crippen LogP contribution is 2.46. The molecule has 0 saturated carbocycles. The molecular formula is C17H15NO5. The fourth-order valence-corrected chi connectivity index (χ4v) is 3.01. The number of fused-ring (bicyclic) bond motifs is 2. The van der Waals surface area contributed by atoms with Crippen molar-refractivity contribution in [2.24, 2.45) is 0 Å². The van der Waals surface area contributed by atoms with Crippen LogP contribution < -0.4 is 4.74 Å². The Bertz CT molecular complexity index is 758. The summed E-state index contributed by atoms with van der Waals surface area (Å²) >= 11 is 0. The van der Waals surface area contributed by atoms with Crippen molar-refractivity contribution in [3.05, 3.63) is 69.8 Å². The van der Waals surface area contributed by atoms with E-state index in [1.807, 2.05) is 0 Å². The minimum absolute atomic E-state index is 0.380. The van der Waals surface area contributed by atoms with Gasteiger partial charge in [-0.05, 0) is 12.1 Å². The van der Waals surface area contributed by atoms with E-state index in [0.717, 1.165) is 0 Å². The first-order valence-corrected chi connectivity index (χ1v) is 7.17. The molecule has 0 unspecified atom stereocenters. The van der Waals surface area contributed by atoms with Gasteiger partial charge < -0.3 is 9.47 Å². The SMILES string of the molecule is COC(=O)[C@H]1c2ccccc2Oc2ccccc2[C@@H]1C[N+](=O)[O-]. The van der Waals surface area contributed by atoms with E-state index in [4.69, 9.17) is 9.47 Å². The van der Waals surface area contributed by atoms with Gasteiger partial charge in [0, 0.05) is 16.1 Å². The Labute approximate surface area is 132 Å². The van der Waals surface area contributed by atoms with Crippen LogP contribution in [0.4, 0.5) is 0 Å². The summed E-state index contributed by atoms with van der Waals surface area (Å²) in [5.74, 6) is -0.911. The van der Waals surface area contributed by atoms with Gasteiger partial charge in [0.15, 0.2) is 0 Å². The summed E-state index contributed by atoms with van der Waals surface area (Å²) in [4.78, 5) is 23.1. The van der Waals surface area contributed by atoms with Gasteiger partial charge in [-0.2, -0.15) is 0 Å². The minimum atomic E-state index is -0.787. The number of hydrogen-bond acceptors (Lipinski definition) is 5. The van der Waals surface area contributed by atoms with Gasteiger partial charge in [0.2, 0.25) is 6.54 Å². The average molecular weight is 313 g/mol. The number of benzene rings is 2. The van der Waals surface area contributed by atoms with Crippen molar-refractivity contribution in [1.82, 2.24) is 0 Å². The summed E-state index contributed by atoms with van der Waals surface area (Å²) in [6, 6.07) is 14.1. The summed E-state index contributed by atoms with van der Waals surface area (Å²) in [6.07, 6.45) is 0. The molecule has 3 rings (SSSR count). The number of para-hydroxylation sites is 2. The Kier molecular flexibility index (Phi) is 3.97. The molecule has 2 aromatic rings. The van der Waals surface area contributed by atoms with E-state index < -0.39 is 22.7 Å². The molecule has 0 amide bonds.